The normalized spacial score (nSPS) is 10.8. The second-order valence-electron chi connectivity index (χ2n) is 7.04. The van der Waals surface area contributed by atoms with E-state index >= 15 is 0 Å². The maximum atomic E-state index is 12.3. The molecule has 146 valence electrons. The Balaban J connectivity index is 1.55. The molecule has 3 heteroatoms. The molecule has 0 bridgehead atoms. The van der Waals surface area contributed by atoms with Gasteiger partial charge in [-0.1, -0.05) is 69.4 Å². The van der Waals surface area contributed by atoms with Crippen LogP contribution in [0.5, 0.6) is 11.5 Å². The van der Waals surface area contributed by atoms with Crippen molar-refractivity contribution in [3.8, 4) is 11.5 Å². The Labute approximate surface area is 167 Å². The first-order valence-electron chi connectivity index (χ1n) is 10.2. The zero-order valence-corrected chi connectivity index (χ0v) is 16.5. The van der Waals surface area contributed by atoms with Crippen LogP contribution in [0.3, 0.4) is 0 Å². The molecule has 3 rings (SSSR count). The van der Waals surface area contributed by atoms with Gasteiger partial charge in [-0.15, -0.1) is 0 Å². The number of esters is 1. The average Bonchev–Trinajstić information content (AvgIpc) is 2.73. The number of para-hydroxylation sites is 1. The minimum atomic E-state index is -0.350. The second-order valence-corrected chi connectivity index (χ2v) is 7.04. The van der Waals surface area contributed by atoms with Crippen molar-refractivity contribution in [3.05, 3.63) is 72.3 Å². The molecule has 28 heavy (non-hydrogen) atoms. The van der Waals surface area contributed by atoms with E-state index in [0.29, 0.717) is 11.3 Å². The second kappa shape index (κ2) is 10.5. The molecule has 0 saturated carbocycles. The Morgan fingerprint density at radius 2 is 1.46 bits per heavy atom. The number of benzene rings is 3. The molecule has 0 aliphatic rings. The van der Waals surface area contributed by atoms with Gasteiger partial charge in [-0.3, -0.25) is 0 Å². The topological polar surface area (TPSA) is 35.5 Å². The molecule has 3 aromatic rings. The van der Waals surface area contributed by atoms with Crippen molar-refractivity contribution in [2.45, 2.75) is 45.4 Å². The first kappa shape index (κ1) is 19.9. The standard InChI is InChI=1S/C25H28O3/c1-2-3-4-5-6-10-17-27-24-16-15-20-18-22(14-13-21(20)19-24)25(26)28-23-11-8-7-9-12-23/h7-9,11-16,18-19H,2-6,10,17H2,1H3. The van der Waals surface area contributed by atoms with Crippen LogP contribution >= 0.6 is 0 Å². The molecule has 0 fully saturated rings. The minimum Gasteiger partial charge on any atom is -0.494 e. The molecule has 3 nitrogen and oxygen atoms in total. The Morgan fingerprint density at radius 1 is 0.750 bits per heavy atom. The number of hydrogen-bond donors (Lipinski definition) is 0. The lowest BCUT2D eigenvalue weighted by Gasteiger charge is -2.09. The van der Waals surface area contributed by atoms with E-state index in [0.717, 1.165) is 29.5 Å². The monoisotopic (exact) mass is 376 g/mol. The predicted molar refractivity (Wildman–Crippen MR) is 114 cm³/mol. The van der Waals surface area contributed by atoms with Gasteiger partial charge in [0.2, 0.25) is 0 Å². The lowest BCUT2D eigenvalue weighted by Crippen LogP contribution is -2.08. The zero-order valence-electron chi connectivity index (χ0n) is 16.5. The van der Waals surface area contributed by atoms with E-state index in [-0.39, 0.29) is 5.97 Å². The Kier molecular flexibility index (Phi) is 7.48. The molecule has 3 aromatic carbocycles. The summed E-state index contributed by atoms with van der Waals surface area (Å²) < 4.78 is 11.3. The van der Waals surface area contributed by atoms with E-state index in [9.17, 15) is 4.79 Å². The number of rotatable bonds is 10. The average molecular weight is 376 g/mol. The van der Waals surface area contributed by atoms with Gasteiger partial charge in [0.25, 0.3) is 0 Å². The first-order chi connectivity index (χ1) is 13.8. The molecule has 0 atom stereocenters. The Morgan fingerprint density at radius 3 is 2.29 bits per heavy atom. The van der Waals surface area contributed by atoms with Crippen LogP contribution in [0, 0.1) is 0 Å². The van der Waals surface area contributed by atoms with Crippen LogP contribution < -0.4 is 9.47 Å². The molecule has 0 aromatic heterocycles. The summed E-state index contributed by atoms with van der Waals surface area (Å²) in [7, 11) is 0. The Hall–Kier alpha value is -2.81. The van der Waals surface area contributed by atoms with Gasteiger partial charge in [0.1, 0.15) is 11.5 Å². The quantitative estimate of drug-likeness (QED) is 0.222. The van der Waals surface area contributed by atoms with Crippen LogP contribution in [0.4, 0.5) is 0 Å². The van der Waals surface area contributed by atoms with Gasteiger partial charge < -0.3 is 9.47 Å². The van der Waals surface area contributed by atoms with Gasteiger partial charge in [-0.2, -0.15) is 0 Å². The van der Waals surface area contributed by atoms with Crippen LogP contribution in [0.25, 0.3) is 10.8 Å². The van der Waals surface area contributed by atoms with E-state index in [1.165, 1.54) is 32.1 Å². The lowest BCUT2D eigenvalue weighted by atomic mass is 10.1. The molecule has 0 N–H and O–H groups in total. The number of ether oxygens (including phenoxy) is 2. The fourth-order valence-corrected chi connectivity index (χ4v) is 3.17. The van der Waals surface area contributed by atoms with Crippen molar-refractivity contribution in [2.24, 2.45) is 0 Å². The van der Waals surface area contributed by atoms with Gasteiger partial charge in [0.05, 0.1) is 12.2 Å². The van der Waals surface area contributed by atoms with Crippen LogP contribution in [0.15, 0.2) is 66.7 Å². The molecule has 0 aliphatic carbocycles. The summed E-state index contributed by atoms with van der Waals surface area (Å²) in [6, 6.07) is 20.7. The summed E-state index contributed by atoms with van der Waals surface area (Å²) >= 11 is 0. The van der Waals surface area contributed by atoms with Gasteiger partial charge in [-0.05, 0) is 53.6 Å². The van der Waals surface area contributed by atoms with Crippen LogP contribution in [-0.4, -0.2) is 12.6 Å². The molecule has 0 amide bonds. The van der Waals surface area contributed by atoms with Crippen molar-refractivity contribution < 1.29 is 14.3 Å². The highest BCUT2D eigenvalue weighted by Gasteiger charge is 2.09. The molecule has 0 aliphatic heterocycles. The number of unbranched alkanes of at least 4 members (excludes halogenated alkanes) is 5. The van der Waals surface area contributed by atoms with E-state index < -0.39 is 0 Å². The van der Waals surface area contributed by atoms with Crippen LogP contribution in [0.2, 0.25) is 0 Å². The van der Waals surface area contributed by atoms with Crippen molar-refractivity contribution >= 4 is 16.7 Å². The largest absolute Gasteiger partial charge is 0.494 e. The summed E-state index contributed by atoms with van der Waals surface area (Å²) in [5.74, 6) is 1.07. The maximum absolute atomic E-state index is 12.3. The molecule has 0 radical (unpaired) electrons. The molecule has 0 spiro atoms. The van der Waals surface area contributed by atoms with Crippen LogP contribution in [-0.2, 0) is 0 Å². The van der Waals surface area contributed by atoms with Crippen molar-refractivity contribution in [2.75, 3.05) is 6.61 Å². The first-order valence-corrected chi connectivity index (χ1v) is 10.2. The molecule has 0 saturated heterocycles. The van der Waals surface area contributed by atoms with E-state index in [4.69, 9.17) is 9.47 Å². The molecule has 0 unspecified atom stereocenters. The third-order valence-corrected chi connectivity index (χ3v) is 4.77. The van der Waals surface area contributed by atoms with E-state index in [1.807, 2.05) is 48.5 Å². The number of carbonyl (C=O) groups is 1. The van der Waals surface area contributed by atoms with Gasteiger partial charge in [0.15, 0.2) is 0 Å². The molecular formula is C25H28O3. The molecular weight excluding hydrogens is 348 g/mol. The summed E-state index contributed by atoms with van der Waals surface area (Å²) in [5, 5.41) is 2.05. The van der Waals surface area contributed by atoms with Gasteiger partial charge >= 0.3 is 5.97 Å². The fourth-order valence-electron chi connectivity index (χ4n) is 3.17. The lowest BCUT2D eigenvalue weighted by molar-refractivity contribution is 0.0735. The van der Waals surface area contributed by atoms with E-state index in [2.05, 4.69) is 6.92 Å². The number of fused-ring (bicyclic) bond motifs is 1. The minimum absolute atomic E-state index is 0.350. The summed E-state index contributed by atoms with van der Waals surface area (Å²) in [5.41, 5.74) is 0.539. The summed E-state index contributed by atoms with van der Waals surface area (Å²) in [6.07, 6.45) is 7.52. The molecule has 0 heterocycles. The smallest absolute Gasteiger partial charge is 0.343 e. The zero-order chi connectivity index (χ0) is 19.6. The van der Waals surface area contributed by atoms with Gasteiger partial charge in [-0.25, -0.2) is 4.79 Å². The van der Waals surface area contributed by atoms with E-state index in [1.54, 1.807) is 18.2 Å². The summed E-state index contributed by atoms with van der Waals surface area (Å²) in [6.45, 7) is 2.98. The highest BCUT2D eigenvalue weighted by atomic mass is 16.5. The number of hydrogen-bond acceptors (Lipinski definition) is 3. The fraction of sp³-hybridized carbons (Fsp3) is 0.320. The Bertz CT molecular complexity index is 887. The third kappa shape index (κ3) is 5.85. The third-order valence-electron chi connectivity index (χ3n) is 4.77. The van der Waals surface area contributed by atoms with Crippen molar-refractivity contribution in [1.29, 1.82) is 0 Å². The summed E-state index contributed by atoms with van der Waals surface area (Å²) in [4.78, 5) is 12.3. The van der Waals surface area contributed by atoms with Crippen molar-refractivity contribution in [1.82, 2.24) is 0 Å². The van der Waals surface area contributed by atoms with Gasteiger partial charge in [0, 0.05) is 0 Å². The van der Waals surface area contributed by atoms with Crippen molar-refractivity contribution in [3.63, 3.8) is 0 Å². The highest BCUT2D eigenvalue weighted by Crippen LogP contribution is 2.23. The number of carbonyl (C=O) groups excluding carboxylic acids is 1. The van der Waals surface area contributed by atoms with Crippen LogP contribution in [0.1, 0.15) is 55.8 Å². The maximum Gasteiger partial charge on any atom is 0.343 e. The predicted octanol–water partition coefficient (Wildman–Crippen LogP) is 6.80. The highest BCUT2D eigenvalue weighted by molar-refractivity contribution is 5.96. The SMILES string of the molecule is CCCCCCCCOc1ccc2cc(C(=O)Oc3ccccc3)ccc2c1.